The van der Waals surface area contributed by atoms with E-state index in [2.05, 4.69) is 53.0 Å². The van der Waals surface area contributed by atoms with Crippen molar-refractivity contribution in [2.45, 2.75) is 85.7 Å². The Labute approximate surface area is 165 Å². The van der Waals surface area contributed by atoms with Crippen LogP contribution in [0.15, 0.2) is 23.1 Å². The summed E-state index contributed by atoms with van der Waals surface area (Å²) < 4.78 is 6.67. The third-order valence-corrected chi connectivity index (χ3v) is 11.5. The summed E-state index contributed by atoms with van der Waals surface area (Å²) in [6.07, 6.45) is 1.63. The first-order valence-electron chi connectivity index (χ1n) is 9.73. The largest absolute Gasteiger partial charge is 0.443 e. The van der Waals surface area contributed by atoms with Gasteiger partial charge in [-0.05, 0) is 49.5 Å². The average Bonchev–Trinajstić information content (AvgIpc) is 2.53. The third kappa shape index (κ3) is 5.35. The first-order valence-corrected chi connectivity index (χ1v) is 12.0. The molecule has 150 valence electrons. The molecule has 0 aromatic carbocycles. The number of nitrogens with zero attached hydrogens (tertiary/aromatic N) is 1. The van der Waals surface area contributed by atoms with Crippen LogP contribution in [0.5, 0.6) is 0 Å². The zero-order valence-corrected chi connectivity index (χ0v) is 19.3. The Morgan fingerprint density at radius 1 is 1.11 bits per heavy atom. The van der Waals surface area contributed by atoms with Crippen molar-refractivity contribution in [2.75, 3.05) is 0 Å². The second-order valence-corrected chi connectivity index (χ2v) is 14.7. The lowest BCUT2D eigenvalue weighted by atomic mass is 9.98. The summed E-state index contributed by atoms with van der Waals surface area (Å²) in [6, 6.07) is 3.53. The van der Waals surface area contributed by atoms with E-state index in [4.69, 9.17) is 4.74 Å². The molecule has 0 amide bonds. The van der Waals surface area contributed by atoms with Crippen molar-refractivity contribution in [1.29, 1.82) is 0 Å². The van der Waals surface area contributed by atoms with Gasteiger partial charge in [0.25, 0.3) is 5.56 Å². The topological polar surface area (TPSA) is 48.3 Å². The van der Waals surface area contributed by atoms with Crippen LogP contribution in [0.4, 0.5) is 0 Å². The maximum atomic E-state index is 12.7. The molecule has 4 nitrogen and oxygen atoms in total. The van der Waals surface area contributed by atoms with Crippen LogP contribution in [0, 0.1) is 16.9 Å². The van der Waals surface area contributed by atoms with Gasteiger partial charge in [0.2, 0.25) is 0 Å². The first kappa shape index (κ1) is 23.2. The molecule has 0 unspecified atom stereocenters. The zero-order chi connectivity index (χ0) is 21.0. The molecule has 0 aliphatic rings. The number of carbonyl (C=O) groups is 1. The minimum absolute atomic E-state index is 0.0917. The summed E-state index contributed by atoms with van der Waals surface area (Å²) in [7, 11) is -1.91. The molecule has 0 radical (unpaired) electrons. The van der Waals surface area contributed by atoms with Crippen LogP contribution in [0.1, 0.15) is 67.9 Å². The van der Waals surface area contributed by atoms with Gasteiger partial charge in [0.05, 0.1) is 11.0 Å². The molecule has 0 fully saturated rings. The van der Waals surface area contributed by atoms with Gasteiger partial charge in [0, 0.05) is 6.20 Å². The smallest absolute Gasteiger partial charge is 0.312 e. The molecule has 0 bridgehead atoms. The average molecular weight is 390 g/mol. The normalized spacial score (nSPS) is 12.3. The van der Waals surface area contributed by atoms with Gasteiger partial charge >= 0.3 is 5.97 Å². The van der Waals surface area contributed by atoms with Gasteiger partial charge in [-0.25, -0.2) is 0 Å². The van der Waals surface area contributed by atoms with Crippen LogP contribution in [0.25, 0.3) is 0 Å². The van der Waals surface area contributed by atoms with Gasteiger partial charge in [-0.3, -0.25) is 14.2 Å². The molecule has 0 N–H and O–H groups in total. The Kier molecular flexibility index (Phi) is 7.68. The minimum atomic E-state index is -1.91. The van der Waals surface area contributed by atoms with Crippen molar-refractivity contribution in [3.05, 3.63) is 34.2 Å². The molecular formula is C22H35NO3Si. The second kappa shape index (κ2) is 8.92. The number of rotatable bonds is 5. The quantitative estimate of drug-likeness (QED) is 0.406. The maximum Gasteiger partial charge on any atom is 0.312 e. The van der Waals surface area contributed by atoms with Crippen LogP contribution in [0.3, 0.4) is 0 Å². The fourth-order valence-electron chi connectivity index (χ4n) is 3.69. The van der Waals surface area contributed by atoms with E-state index < -0.39 is 13.5 Å². The molecule has 0 saturated heterocycles. The highest BCUT2D eigenvalue weighted by Gasteiger charge is 2.41. The number of hydrogen-bond acceptors (Lipinski definition) is 3. The predicted molar refractivity (Wildman–Crippen MR) is 114 cm³/mol. The fourth-order valence-corrected chi connectivity index (χ4v) is 8.90. The molecule has 1 aromatic heterocycles. The van der Waals surface area contributed by atoms with E-state index in [9.17, 15) is 9.59 Å². The highest BCUT2D eigenvalue weighted by Crippen LogP contribution is 2.40. The van der Waals surface area contributed by atoms with Crippen molar-refractivity contribution in [3.8, 4) is 11.5 Å². The fraction of sp³-hybridized carbons (Fsp3) is 0.636. The summed E-state index contributed by atoms with van der Waals surface area (Å²) in [5.74, 6) is 2.86. The molecule has 0 aliphatic carbocycles. The van der Waals surface area contributed by atoms with E-state index in [0.717, 1.165) is 0 Å². The number of ether oxygens (including phenoxy) is 1. The van der Waals surface area contributed by atoms with Crippen molar-refractivity contribution in [3.63, 3.8) is 0 Å². The number of pyridine rings is 1. The summed E-state index contributed by atoms with van der Waals surface area (Å²) in [5, 5.41) is 0. The second-order valence-electron chi connectivity index (χ2n) is 9.15. The molecule has 27 heavy (non-hydrogen) atoms. The van der Waals surface area contributed by atoms with Crippen molar-refractivity contribution < 1.29 is 9.53 Å². The Hall–Kier alpha value is -1.80. The molecule has 0 aliphatic heterocycles. The Bertz CT molecular complexity index is 751. The van der Waals surface area contributed by atoms with Crippen LogP contribution in [-0.4, -0.2) is 18.6 Å². The Balaban J connectivity index is 3.23. The summed E-state index contributed by atoms with van der Waals surface area (Å²) in [6.45, 7) is 18.7. The summed E-state index contributed by atoms with van der Waals surface area (Å²) in [5.41, 5.74) is 4.73. The van der Waals surface area contributed by atoms with Crippen molar-refractivity contribution >= 4 is 14.0 Å². The van der Waals surface area contributed by atoms with E-state index >= 15 is 0 Å². The summed E-state index contributed by atoms with van der Waals surface area (Å²) >= 11 is 0. The highest BCUT2D eigenvalue weighted by atomic mass is 28.3. The molecule has 0 spiro atoms. The van der Waals surface area contributed by atoms with Gasteiger partial charge in [-0.2, -0.15) is 0 Å². The molecule has 1 rings (SSSR count). The number of hydrogen-bond donors (Lipinski definition) is 0. The molecule has 0 atom stereocenters. The van der Waals surface area contributed by atoms with E-state index in [-0.39, 0.29) is 18.3 Å². The van der Waals surface area contributed by atoms with Crippen LogP contribution in [-0.2, 0) is 16.3 Å². The van der Waals surface area contributed by atoms with Gasteiger partial charge in [-0.15, -0.1) is 5.54 Å². The molecule has 1 heterocycles. The van der Waals surface area contributed by atoms with Crippen molar-refractivity contribution in [2.24, 2.45) is 5.41 Å². The van der Waals surface area contributed by atoms with Crippen LogP contribution >= 0.6 is 0 Å². The van der Waals surface area contributed by atoms with E-state index in [1.807, 2.05) is 0 Å². The molecular weight excluding hydrogens is 354 g/mol. The van der Waals surface area contributed by atoms with Crippen LogP contribution < -0.4 is 5.56 Å². The number of esters is 1. The van der Waals surface area contributed by atoms with Gasteiger partial charge in [0.1, 0.15) is 8.07 Å². The van der Waals surface area contributed by atoms with Crippen LogP contribution in [0.2, 0.25) is 16.6 Å². The Morgan fingerprint density at radius 3 is 2.07 bits per heavy atom. The highest BCUT2D eigenvalue weighted by molar-refractivity contribution is 6.90. The SMILES string of the molecule is CC(C)[Si](C#Cc1cccn(COC(=O)C(C)(C)C)c1=O)(C(C)C)C(C)C. The van der Waals surface area contributed by atoms with E-state index in [1.165, 1.54) is 4.57 Å². The predicted octanol–water partition coefficient (Wildman–Crippen LogP) is 4.96. The number of carbonyl (C=O) groups excluding carboxylic acids is 1. The lowest BCUT2D eigenvalue weighted by Crippen LogP contribution is -2.43. The number of aromatic nitrogens is 1. The molecule has 1 aromatic rings. The lowest BCUT2D eigenvalue weighted by molar-refractivity contribution is -0.157. The molecule has 0 saturated carbocycles. The van der Waals surface area contributed by atoms with E-state index in [1.54, 1.807) is 39.1 Å². The summed E-state index contributed by atoms with van der Waals surface area (Å²) in [4.78, 5) is 24.7. The third-order valence-electron chi connectivity index (χ3n) is 5.25. The zero-order valence-electron chi connectivity index (χ0n) is 18.3. The van der Waals surface area contributed by atoms with Gasteiger partial charge < -0.3 is 4.74 Å². The standard InChI is InChI=1S/C22H35NO3Si/c1-16(2)27(17(3)4,18(5)6)14-12-19-11-10-13-23(20(19)24)15-26-21(25)22(7,8)9/h10-11,13,16-18H,15H2,1-9H3. The lowest BCUT2D eigenvalue weighted by Gasteiger charge is -2.38. The van der Waals surface area contributed by atoms with Gasteiger partial charge in [0.15, 0.2) is 6.73 Å². The monoisotopic (exact) mass is 389 g/mol. The molecule has 5 heteroatoms. The van der Waals surface area contributed by atoms with E-state index in [0.29, 0.717) is 22.2 Å². The van der Waals surface area contributed by atoms with Gasteiger partial charge in [-0.1, -0.05) is 47.5 Å². The van der Waals surface area contributed by atoms with Crippen molar-refractivity contribution in [1.82, 2.24) is 4.57 Å². The minimum Gasteiger partial charge on any atom is -0.443 e. The maximum absolute atomic E-state index is 12.7. The Morgan fingerprint density at radius 2 is 1.63 bits per heavy atom. The first-order chi connectivity index (χ1) is 12.3.